The number of ether oxygens (including phenoxy) is 2. The van der Waals surface area contributed by atoms with Crippen molar-refractivity contribution in [2.24, 2.45) is 0 Å². The number of carbonyl (C=O) groups excluding carboxylic acids is 1. The van der Waals surface area contributed by atoms with Crippen LogP contribution in [0.3, 0.4) is 0 Å². The molecule has 5 heterocycles. The number of thiophene rings is 1. The number of nitrogens with zero attached hydrogens (tertiary/aromatic N) is 5. The SMILES string of the molecule is COc1c(-c2cc(OC)c(=O)n(Cc3ccns3)c2)nn(C(=O)c2cocn2)c1NCc1ccc(Cl)s1. The number of rotatable bonds is 9. The van der Waals surface area contributed by atoms with Gasteiger partial charge in [0.1, 0.15) is 12.0 Å². The number of oxazole rings is 1. The molecule has 0 atom stereocenters. The van der Waals surface area contributed by atoms with Gasteiger partial charge in [0.15, 0.2) is 29.4 Å². The van der Waals surface area contributed by atoms with E-state index in [1.165, 1.54) is 47.9 Å². The first kappa shape index (κ1) is 24.7. The molecule has 0 radical (unpaired) electrons. The Labute approximate surface area is 223 Å². The van der Waals surface area contributed by atoms with Gasteiger partial charge in [-0.3, -0.25) is 9.59 Å². The molecule has 0 fully saturated rings. The number of hydrogen-bond donors (Lipinski definition) is 1. The second-order valence-electron chi connectivity index (χ2n) is 7.59. The Hall–Kier alpha value is -3.94. The molecule has 0 aliphatic heterocycles. The van der Waals surface area contributed by atoms with Gasteiger partial charge in [-0.1, -0.05) is 11.6 Å². The second kappa shape index (κ2) is 10.6. The highest BCUT2D eigenvalue weighted by atomic mass is 35.5. The fraction of sp³-hybridized carbons (Fsp3) is 0.174. The Balaban J connectivity index is 1.63. The summed E-state index contributed by atoms with van der Waals surface area (Å²) >= 11 is 8.77. The largest absolute Gasteiger partial charge is 0.491 e. The molecule has 0 saturated carbocycles. The van der Waals surface area contributed by atoms with Crippen molar-refractivity contribution in [3.05, 3.63) is 79.5 Å². The maximum absolute atomic E-state index is 13.3. The topological polar surface area (TPSA) is 126 Å². The quantitative estimate of drug-likeness (QED) is 0.282. The normalized spacial score (nSPS) is 11.0. The molecular formula is C23H19ClN6O5S2. The number of carbonyl (C=O) groups is 1. The third-order valence-corrected chi connectivity index (χ3v) is 7.27. The number of methoxy groups -OCH3 is 2. The van der Waals surface area contributed by atoms with Gasteiger partial charge in [-0.15, -0.1) is 11.3 Å². The lowest BCUT2D eigenvalue weighted by molar-refractivity contribution is 0.0942. The van der Waals surface area contributed by atoms with Crippen molar-refractivity contribution in [3.63, 3.8) is 0 Å². The summed E-state index contributed by atoms with van der Waals surface area (Å²) in [5, 5.41) is 7.79. The second-order valence-corrected chi connectivity index (χ2v) is 10.3. The maximum Gasteiger partial charge on any atom is 0.302 e. The minimum absolute atomic E-state index is 0.0617. The van der Waals surface area contributed by atoms with E-state index < -0.39 is 5.91 Å². The van der Waals surface area contributed by atoms with Gasteiger partial charge in [0.2, 0.25) is 0 Å². The number of halogens is 1. The zero-order valence-electron chi connectivity index (χ0n) is 19.5. The first-order chi connectivity index (χ1) is 18.0. The van der Waals surface area contributed by atoms with E-state index in [0.717, 1.165) is 20.8 Å². The Kier molecular flexibility index (Phi) is 7.08. The number of pyridine rings is 1. The zero-order chi connectivity index (χ0) is 25.9. The molecule has 0 saturated heterocycles. The predicted molar refractivity (Wildman–Crippen MR) is 139 cm³/mol. The van der Waals surface area contributed by atoms with Crippen molar-refractivity contribution >= 4 is 46.2 Å². The van der Waals surface area contributed by atoms with Gasteiger partial charge in [0.05, 0.1) is 31.6 Å². The fourth-order valence-electron chi connectivity index (χ4n) is 3.63. The molecular weight excluding hydrogens is 540 g/mol. The van der Waals surface area contributed by atoms with E-state index >= 15 is 0 Å². The number of hydrogen-bond acceptors (Lipinski definition) is 11. The van der Waals surface area contributed by atoms with E-state index in [0.29, 0.717) is 40.3 Å². The van der Waals surface area contributed by atoms with Crippen LogP contribution in [0.25, 0.3) is 11.3 Å². The van der Waals surface area contributed by atoms with Crippen molar-refractivity contribution in [1.29, 1.82) is 0 Å². The summed E-state index contributed by atoms with van der Waals surface area (Å²) in [6.07, 6.45) is 5.71. The van der Waals surface area contributed by atoms with E-state index in [1.807, 2.05) is 12.1 Å². The summed E-state index contributed by atoms with van der Waals surface area (Å²) in [6.45, 7) is 0.651. The highest BCUT2D eigenvalue weighted by molar-refractivity contribution is 7.16. The molecule has 5 rings (SSSR count). The van der Waals surface area contributed by atoms with Crippen molar-refractivity contribution in [2.45, 2.75) is 13.1 Å². The van der Waals surface area contributed by atoms with E-state index in [2.05, 4.69) is 19.8 Å². The molecule has 0 spiro atoms. The molecule has 0 aliphatic carbocycles. The Morgan fingerprint density at radius 3 is 2.73 bits per heavy atom. The van der Waals surface area contributed by atoms with E-state index in [-0.39, 0.29) is 17.0 Å². The average Bonchev–Trinajstić information content (AvgIpc) is 3.71. The Morgan fingerprint density at radius 2 is 2.08 bits per heavy atom. The fourth-order valence-corrected chi connectivity index (χ4v) is 5.23. The smallest absolute Gasteiger partial charge is 0.302 e. The van der Waals surface area contributed by atoms with Crippen molar-refractivity contribution in [2.75, 3.05) is 19.5 Å². The lowest BCUT2D eigenvalue weighted by atomic mass is 10.2. The van der Waals surface area contributed by atoms with Gasteiger partial charge in [-0.25, -0.2) is 9.36 Å². The van der Waals surface area contributed by atoms with Gasteiger partial charge in [-0.2, -0.15) is 9.78 Å². The van der Waals surface area contributed by atoms with E-state index in [4.69, 9.17) is 25.5 Å². The molecule has 14 heteroatoms. The van der Waals surface area contributed by atoms with Crippen LogP contribution in [0.4, 0.5) is 5.82 Å². The first-order valence-corrected chi connectivity index (χ1v) is 12.7. The lowest BCUT2D eigenvalue weighted by Gasteiger charge is -2.11. The molecule has 0 aromatic carbocycles. The van der Waals surface area contributed by atoms with Crippen LogP contribution in [0.1, 0.15) is 20.2 Å². The molecule has 0 unspecified atom stereocenters. The van der Waals surface area contributed by atoms with Crippen LogP contribution in [0.2, 0.25) is 4.34 Å². The van der Waals surface area contributed by atoms with Gasteiger partial charge >= 0.3 is 5.91 Å². The van der Waals surface area contributed by atoms with Crippen molar-refractivity contribution in [1.82, 2.24) is 23.7 Å². The summed E-state index contributed by atoms with van der Waals surface area (Å²) in [7, 11) is 2.89. The minimum atomic E-state index is -0.532. The molecule has 0 aliphatic rings. The van der Waals surface area contributed by atoms with Crippen LogP contribution in [-0.4, -0.2) is 43.8 Å². The summed E-state index contributed by atoms with van der Waals surface area (Å²) in [6, 6.07) is 7.07. The first-order valence-electron chi connectivity index (χ1n) is 10.7. The van der Waals surface area contributed by atoms with E-state index in [9.17, 15) is 9.59 Å². The molecule has 0 amide bonds. The molecule has 190 valence electrons. The van der Waals surface area contributed by atoms with Crippen LogP contribution in [0.5, 0.6) is 11.5 Å². The highest BCUT2D eigenvalue weighted by Gasteiger charge is 2.27. The zero-order valence-corrected chi connectivity index (χ0v) is 21.9. The summed E-state index contributed by atoms with van der Waals surface area (Å²) in [5.41, 5.74) is 0.575. The molecule has 1 N–H and O–H groups in total. The number of nitrogens with one attached hydrogen (secondary N) is 1. The third-order valence-electron chi connectivity index (χ3n) is 5.31. The molecule has 37 heavy (non-hydrogen) atoms. The molecule has 0 bridgehead atoms. The monoisotopic (exact) mass is 558 g/mol. The van der Waals surface area contributed by atoms with Crippen molar-refractivity contribution < 1.29 is 18.7 Å². The standard InChI is InChI=1S/C23H19ClN6O5S2/c1-33-17-7-13(9-29(23(17)32)10-15-5-6-27-37-15)19-20(34-2)21(25-8-14-3-4-18(24)36-14)30(28-19)22(31)16-11-35-12-26-16/h3-7,9,11-12,25H,8,10H2,1-2H3. The van der Waals surface area contributed by atoms with Crippen LogP contribution < -0.4 is 20.3 Å². The number of aromatic nitrogens is 5. The summed E-state index contributed by atoms with van der Waals surface area (Å²) in [4.78, 5) is 32.0. The minimum Gasteiger partial charge on any atom is -0.491 e. The van der Waals surface area contributed by atoms with Crippen LogP contribution in [-0.2, 0) is 13.1 Å². The highest BCUT2D eigenvalue weighted by Crippen LogP contribution is 2.38. The average molecular weight is 559 g/mol. The van der Waals surface area contributed by atoms with Gasteiger partial charge in [0, 0.05) is 27.7 Å². The maximum atomic E-state index is 13.3. The molecule has 5 aromatic rings. The Morgan fingerprint density at radius 1 is 1.22 bits per heavy atom. The summed E-state index contributed by atoms with van der Waals surface area (Å²) in [5.74, 6) is 0.179. The van der Waals surface area contributed by atoms with Gasteiger partial charge in [-0.05, 0) is 35.8 Å². The van der Waals surface area contributed by atoms with Crippen LogP contribution in [0.15, 0.2) is 58.5 Å². The summed E-state index contributed by atoms with van der Waals surface area (Å²) < 4.78 is 23.5. The van der Waals surface area contributed by atoms with Crippen LogP contribution >= 0.6 is 34.5 Å². The number of anilines is 1. The van der Waals surface area contributed by atoms with E-state index in [1.54, 1.807) is 24.5 Å². The predicted octanol–water partition coefficient (Wildman–Crippen LogP) is 4.24. The third kappa shape index (κ3) is 5.01. The van der Waals surface area contributed by atoms with Gasteiger partial charge in [0.25, 0.3) is 5.56 Å². The molecule has 5 aromatic heterocycles. The van der Waals surface area contributed by atoms with Crippen molar-refractivity contribution in [3.8, 4) is 22.8 Å². The van der Waals surface area contributed by atoms with Gasteiger partial charge < -0.3 is 23.8 Å². The Bertz CT molecular complexity index is 1590. The van der Waals surface area contributed by atoms with Crippen LogP contribution in [0, 0.1) is 0 Å². The molecule has 11 nitrogen and oxygen atoms in total. The lowest BCUT2D eigenvalue weighted by Crippen LogP contribution is -2.21.